The Hall–Kier alpha value is -2.11. The SMILES string of the molecule is CCCCC/C=C\C/C=C\CCCCCCCC(=O)OCC(COC(=O)CCCCCCCCCCCC)OC(=O)CCCCCCCCCCCCCCCC. The third kappa shape index (κ3) is 44.8. The molecule has 6 heteroatoms. The molecular formula is C51H94O6. The van der Waals surface area contributed by atoms with Crippen LogP contribution in [0.15, 0.2) is 24.3 Å². The van der Waals surface area contributed by atoms with Crippen molar-refractivity contribution in [3.8, 4) is 0 Å². The highest BCUT2D eigenvalue weighted by molar-refractivity contribution is 5.71. The van der Waals surface area contributed by atoms with Gasteiger partial charge in [0.1, 0.15) is 13.2 Å². The van der Waals surface area contributed by atoms with Crippen LogP contribution in [-0.4, -0.2) is 37.2 Å². The van der Waals surface area contributed by atoms with Crippen LogP contribution in [0, 0.1) is 0 Å². The Kier molecular flexibility index (Phi) is 44.9. The Balaban J connectivity index is 4.35. The third-order valence-electron chi connectivity index (χ3n) is 11.0. The van der Waals surface area contributed by atoms with Gasteiger partial charge in [0, 0.05) is 19.3 Å². The summed E-state index contributed by atoms with van der Waals surface area (Å²) in [5.74, 6) is -0.876. The predicted molar refractivity (Wildman–Crippen MR) is 243 cm³/mol. The van der Waals surface area contributed by atoms with E-state index in [1.165, 1.54) is 148 Å². The van der Waals surface area contributed by atoms with Crippen LogP contribution in [0.5, 0.6) is 0 Å². The summed E-state index contributed by atoms with van der Waals surface area (Å²) in [4.78, 5) is 37.8. The van der Waals surface area contributed by atoms with E-state index in [4.69, 9.17) is 14.2 Å². The number of rotatable bonds is 45. The number of hydrogen-bond donors (Lipinski definition) is 0. The van der Waals surface area contributed by atoms with E-state index in [9.17, 15) is 14.4 Å². The second-order valence-corrected chi connectivity index (χ2v) is 16.7. The van der Waals surface area contributed by atoms with Crippen LogP contribution in [0.2, 0.25) is 0 Å². The summed E-state index contributed by atoms with van der Waals surface area (Å²) in [7, 11) is 0. The first-order valence-corrected chi connectivity index (χ1v) is 24.8. The molecule has 0 saturated heterocycles. The lowest BCUT2D eigenvalue weighted by molar-refractivity contribution is -0.167. The fourth-order valence-corrected chi connectivity index (χ4v) is 7.18. The van der Waals surface area contributed by atoms with Gasteiger partial charge in [0.15, 0.2) is 6.10 Å². The topological polar surface area (TPSA) is 78.9 Å². The van der Waals surface area contributed by atoms with E-state index in [2.05, 4.69) is 45.1 Å². The Morgan fingerprint density at radius 3 is 1.00 bits per heavy atom. The Morgan fingerprint density at radius 1 is 0.351 bits per heavy atom. The zero-order valence-corrected chi connectivity index (χ0v) is 38.1. The van der Waals surface area contributed by atoms with E-state index in [1.54, 1.807) is 0 Å². The van der Waals surface area contributed by atoms with Gasteiger partial charge in [0.05, 0.1) is 0 Å². The monoisotopic (exact) mass is 803 g/mol. The van der Waals surface area contributed by atoms with Crippen molar-refractivity contribution in [1.29, 1.82) is 0 Å². The number of carbonyl (C=O) groups is 3. The second-order valence-electron chi connectivity index (χ2n) is 16.7. The number of ether oxygens (including phenoxy) is 3. The highest BCUT2D eigenvalue weighted by Gasteiger charge is 2.19. The Bertz CT molecular complexity index is 927. The van der Waals surface area contributed by atoms with Gasteiger partial charge in [-0.2, -0.15) is 0 Å². The molecule has 0 bridgehead atoms. The molecule has 0 heterocycles. The average molecular weight is 803 g/mol. The first kappa shape index (κ1) is 54.9. The molecule has 0 N–H and O–H groups in total. The standard InChI is InChI=1S/C51H94O6/c1-4-7-10-13-16-19-22-24-26-28-29-32-35-38-41-44-50(53)56-47-48(46-55-49(52)43-40-37-34-31-21-18-15-12-9-6-3)57-51(54)45-42-39-36-33-30-27-25-23-20-17-14-11-8-5-2/h16,19,24,26,48H,4-15,17-18,20-23,25,27-47H2,1-3H3/b19-16-,26-24-. The van der Waals surface area contributed by atoms with Gasteiger partial charge in [-0.3, -0.25) is 14.4 Å². The van der Waals surface area contributed by atoms with Gasteiger partial charge in [0.2, 0.25) is 0 Å². The van der Waals surface area contributed by atoms with Gasteiger partial charge < -0.3 is 14.2 Å². The second kappa shape index (κ2) is 46.6. The molecule has 0 aromatic carbocycles. The van der Waals surface area contributed by atoms with Crippen LogP contribution in [0.4, 0.5) is 0 Å². The highest BCUT2D eigenvalue weighted by Crippen LogP contribution is 2.15. The molecule has 0 fully saturated rings. The first-order chi connectivity index (χ1) is 28.0. The molecule has 0 spiro atoms. The van der Waals surface area contributed by atoms with Gasteiger partial charge in [-0.15, -0.1) is 0 Å². The minimum atomic E-state index is -0.769. The van der Waals surface area contributed by atoms with Gasteiger partial charge >= 0.3 is 17.9 Å². The van der Waals surface area contributed by atoms with Crippen molar-refractivity contribution in [3.05, 3.63) is 24.3 Å². The van der Waals surface area contributed by atoms with Gasteiger partial charge in [-0.1, -0.05) is 218 Å². The summed E-state index contributed by atoms with van der Waals surface area (Å²) < 4.78 is 16.7. The summed E-state index contributed by atoms with van der Waals surface area (Å²) in [5.41, 5.74) is 0. The van der Waals surface area contributed by atoms with Crippen LogP contribution in [0.25, 0.3) is 0 Å². The van der Waals surface area contributed by atoms with Gasteiger partial charge in [-0.25, -0.2) is 0 Å². The fourth-order valence-electron chi connectivity index (χ4n) is 7.18. The molecule has 0 amide bonds. The minimum absolute atomic E-state index is 0.0714. The van der Waals surface area contributed by atoms with Crippen molar-refractivity contribution < 1.29 is 28.6 Å². The number of unbranched alkanes of at least 4 members (excludes halogenated alkanes) is 30. The van der Waals surface area contributed by atoms with E-state index >= 15 is 0 Å². The molecule has 0 aliphatic carbocycles. The van der Waals surface area contributed by atoms with Crippen LogP contribution in [0.1, 0.15) is 265 Å². The third-order valence-corrected chi connectivity index (χ3v) is 11.0. The maximum atomic E-state index is 12.8. The van der Waals surface area contributed by atoms with Crippen molar-refractivity contribution in [2.45, 2.75) is 271 Å². The molecule has 0 radical (unpaired) electrons. The lowest BCUT2D eigenvalue weighted by atomic mass is 10.0. The molecule has 0 aromatic heterocycles. The van der Waals surface area contributed by atoms with Crippen molar-refractivity contribution >= 4 is 17.9 Å². The maximum Gasteiger partial charge on any atom is 0.306 e. The summed E-state index contributed by atoms with van der Waals surface area (Å²) in [6.07, 6.45) is 51.5. The van der Waals surface area contributed by atoms with E-state index < -0.39 is 6.10 Å². The summed E-state index contributed by atoms with van der Waals surface area (Å²) in [6, 6.07) is 0. The van der Waals surface area contributed by atoms with Crippen molar-refractivity contribution in [2.24, 2.45) is 0 Å². The number of hydrogen-bond acceptors (Lipinski definition) is 6. The largest absolute Gasteiger partial charge is 0.462 e. The van der Waals surface area contributed by atoms with E-state index in [-0.39, 0.29) is 31.1 Å². The van der Waals surface area contributed by atoms with Crippen molar-refractivity contribution in [2.75, 3.05) is 13.2 Å². The molecule has 1 unspecified atom stereocenters. The quantitative estimate of drug-likeness (QED) is 0.0264. The number of carbonyl (C=O) groups excluding carboxylic acids is 3. The van der Waals surface area contributed by atoms with Crippen LogP contribution >= 0.6 is 0 Å². The minimum Gasteiger partial charge on any atom is -0.462 e. The van der Waals surface area contributed by atoms with Gasteiger partial charge in [0.25, 0.3) is 0 Å². The highest BCUT2D eigenvalue weighted by atomic mass is 16.6. The molecule has 6 nitrogen and oxygen atoms in total. The molecule has 334 valence electrons. The van der Waals surface area contributed by atoms with E-state index in [0.29, 0.717) is 19.3 Å². The zero-order chi connectivity index (χ0) is 41.5. The lowest BCUT2D eigenvalue weighted by Gasteiger charge is -2.18. The summed E-state index contributed by atoms with van der Waals surface area (Å²) >= 11 is 0. The molecule has 57 heavy (non-hydrogen) atoms. The normalized spacial score (nSPS) is 12.1. The van der Waals surface area contributed by atoms with Crippen LogP contribution in [0.3, 0.4) is 0 Å². The predicted octanol–water partition coefficient (Wildman–Crippen LogP) is 16.0. The number of allylic oxidation sites excluding steroid dienone is 4. The van der Waals surface area contributed by atoms with Crippen LogP contribution < -0.4 is 0 Å². The molecule has 1 atom stereocenters. The summed E-state index contributed by atoms with van der Waals surface area (Å²) in [6.45, 7) is 6.61. The van der Waals surface area contributed by atoms with E-state index in [1.807, 2.05) is 0 Å². The smallest absolute Gasteiger partial charge is 0.306 e. The molecule has 0 aliphatic rings. The summed E-state index contributed by atoms with van der Waals surface area (Å²) in [5, 5.41) is 0. The van der Waals surface area contributed by atoms with Crippen LogP contribution in [-0.2, 0) is 28.6 Å². The molecular weight excluding hydrogens is 709 g/mol. The Morgan fingerprint density at radius 2 is 0.632 bits per heavy atom. The molecule has 0 aromatic rings. The first-order valence-electron chi connectivity index (χ1n) is 24.8. The molecule has 0 rings (SSSR count). The Labute approximate surface area is 353 Å². The van der Waals surface area contributed by atoms with Gasteiger partial charge in [-0.05, 0) is 51.4 Å². The molecule has 0 saturated carbocycles. The lowest BCUT2D eigenvalue weighted by Crippen LogP contribution is -2.30. The fraction of sp³-hybridized carbons (Fsp3) is 0.863. The van der Waals surface area contributed by atoms with Crippen molar-refractivity contribution in [1.82, 2.24) is 0 Å². The maximum absolute atomic E-state index is 12.8. The van der Waals surface area contributed by atoms with E-state index in [0.717, 1.165) is 77.0 Å². The van der Waals surface area contributed by atoms with Crippen molar-refractivity contribution in [3.63, 3.8) is 0 Å². The average Bonchev–Trinajstić information content (AvgIpc) is 3.21. The molecule has 0 aliphatic heterocycles. The zero-order valence-electron chi connectivity index (χ0n) is 38.1. The number of esters is 3.